The largest absolute Gasteiger partial charge is 0.508 e. The molecule has 2 rings (SSSR count). The molecule has 0 spiro atoms. The van der Waals surface area contributed by atoms with Crippen LogP contribution in [0.25, 0.3) is 0 Å². The highest BCUT2D eigenvalue weighted by Gasteiger charge is 2.28. The summed E-state index contributed by atoms with van der Waals surface area (Å²) >= 11 is 0. The van der Waals surface area contributed by atoms with Crippen LogP contribution in [0.2, 0.25) is 0 Å². The summed E-state index contributed by atoms with van der Waals surface area (Å²) in [6.07, 6.45) is 0.972. The maximum absolute atomic E-state index is 12.2. The number of nitrogens with two attached hydrogens (primary N) is 1. The van der Waals surface area contributed by atoms with Gasteiger partial charge in [-0.15, -0.1) is 0 Å². The van der Waals surface area contributed by atoms with Gasteiger partial charge in [-0.1, -0.05) is 13.8 Å². The zero-order chi connectivity index (χ0) is 16.5. The third kappa shape index (κ3) is 4.21. The molecule has 122 valence electrons. The van der Waals surface area contributed by atoms with Gasteiger partial charge in [0.05, 0.1) is 17.8 Å². The molecule has 0 aliphatic carbocycles. The second kappa shape index (κ2) is 9.04. The number of nitrogens with one attached hydrogen (secondary N) is 1. The summed E-state index contributed by atoms with van der Waals surface area (Å²) in [5, 5.41) is 13.9. The van der Waals surface area contributed by atoms with E-state index < -0.39 is 0 Å². The van der Waals surface area contributed by atoms with Crippen molar-refractivity contribution in [3.05, 3.63) is 23.8 Å². The molecule has 0 saturated carbocycles. The summed E-state index contributed by atoms with van der Waals surface area (Å²) in [7, 11) is 0. The molecule has 0 bridgehead atoms. The van der Waals surface area contributed by atoms with E-state index in [0.29, 0.717) is 25.3 Å². The molecule has 0 fully saturated rings. The van der Waals surface area contributed by atoms with Crippen LogP contribution in [-0.2, 0) is 4.79 Å². The van der Waals surface area contributed by atoms with Crippen LogP contribution in [0.4, 0.5) is 5.69 Å². The van der Waals surface area contributed by atoms with Gasteiger partial charge < -0.3 is 21.2 Å². The molecule has 0 radical (unpaired) electrons. The van der Waals surface area contributed by atoms with Crippen molar-refractivity contribution in [2.75, 3.05) is 24.5 Å². The predicted octanol–water partition coefficient (Wildman–Crippen LogP) is 1.82. The topological polar surface area (TPSA) is 91.0 Å². The van der Waals surface area contributed by atoms with Gasteiger partial charge >= 0.3 is 0 Å². The van der Waals surface area contributed by atoms with E-state index in [4.69, 9.17) is 5.73 Å². The molecular weight excluding hydrogens is 280 g/mol. The van der Waals surface area contributed by atoms with Crippen molar-refractivity contribution in [2.45, 2.75) is 33.6 Å². The number of hydrazone groups is 1. The number of hydrogen-bond acceptors (Lipinski definition) is 5. The number of amides is 1. The quantitative estimate of drug-likeness (QED) is 0.724. The first-order chi connectivity index (χ1) is 10.7. The minimum atomic E-state index is 0.00768. The average Bonchev–Trinajstić information content (AvgIpc) is 2.54. The maximum atomic E-state index is 12.2. The van der Waals surface area contributed by atoms with Gasteiger partial charge in [-0.05, 0) is 38.1 Å². The first kappa shape index (κ1) is 18.0. The Morgan fingerprint density at radius 3 is 2.77 bits per heavy atom. The number of phenolic OH excluding ortho intramolecular Hbond substituents is 1. The number of aromatic hydroxyl groups is 1. The van der Waals surface area contributed by atoms with E-state index in [1.807, 2.05) is 20.8 Å². The summed E-state index contributed by atoms with van der Waals surface area (Å²) in [6.45, 7) is 7.74. The molecule has 22 heavy (non-hydrogen) atoms. The van der Waals surface area contributed by atoms with E-state index in [1.54, 1.807) is 23.1 Å². The Balaban J connectivity index is 0.00000116. The molecule has 0 saturated heterocycles. The van der Waals surface area contributed by atoms with Crippen molar-refractivity contribution in [2.24, 2.45) is 10.8 Å². The van der Waals surface area contributed by atoms with Gasteiger partial charge in [0.1, 0.15) is 5.75 Å². The molecule has 1 aliphatic rings. The van der Waals surface area contributed by atoms with Crippen LogP contribution in [-0.4, -0.2) is 36.4 Å². The maximum Gasteiger partial charge on any atom is 0.233 e. The zero-order valence-electron chi connectivity index (χ0n) is 13.6. The molecule has 1 aromatic carbocycles. The second-order valence-electron chi connectivity index (χ2n) is 4.64. The fourth-order valence-corrected chi connectivity index (χ4v) is 2.23. The Morgan fingerprint density at radius 2 is 2.14 bits per heavy atom. The van der Waals surface area contributed by atoms with Crippen molar-refractivity contribution >= 4 is 17.3 Å². The van der Waals surface area contributed by atoms with Crippen molar-refractivity contribution < 1.29 is 9.90 Å². The lowest BCUT2D eigenvalue weighted by atomic mass is 9.98. The summed E-state index contributed by atoms with van der Waals surface area (Å²) in [5.74, 6) is 0.175. The van der Waals surface area contributed by atoms with Crippen LogP contribution in [0.1, 0.15) is 39.2 Å². The zero-order valence-corrected chi connectivity index (χ0v) is 13.6. The minimum absolute atomic E-state index is 0.00768. The number of hydrogen-bond donors (Lipinski definition) is 3. The fraction of sp³-hybridized carbons (Fsp3) is 0.500. The number of carbonyl (C=O) groups is 1. The van der Waals surface area contributed by atoms with E-state index in [9.17, 15) is 9.90 Å². The summed E-state index contributed by atoms with van der Waals surface area (Å²) in [6, 6.07) is 4.98. The standard InChI is InChI=1S/C14H20N4O2.C2H6/c1-2-16-17-12-9-14(20)18(7-3-6-15)13-5-4-10(19)8-11(12)13;1-2/h4-5,8,16,19H,2-3,6-7,9,15H2,1H3;1-2H3/b17-12+;. The van der Waals surface area contributed by atoms with Gasteiger partial charge in [-0.25, -0.2) is 0 Å². The summed E-state index contributed by atoms with van der Waals surface area (Å²) < 4.78 is 0. The first-order valence-electron chi connectivity index (χ1n) is 7.80. The Bertz CT molecular complexity index is 529. The SMILES string of the molecule is CC.CCN/N=C1\CC(=O)N(CCCN)c2ccc(O)cc21. The van der Waals surface area contributed by atoms with Crippen molar-refractivity contribution in [3.63, 3.8) is 0 Å². The highest BCUT2D eigenvalue weighted by atomic mass is 16.3. The summed E-state index contributed by atoms with van der Waals surface area (Å²) in [5.41, 5.74) is 10.6. The summed E-state index contributed by atoms with van der Waals surface area (Å²) in [4.78, 5) is 14.0. The molecule has 1 aromatic rings. The lowest BCUT2D eigenvalue weighted by Gasteiger charge is -2.30. The van der Waals surface area contributed by atoms with Crippen LogP contribution in [0, 0.1) is 0 Å². The number of carbonyl (C=O) groups excluding carboxylic acids is 1. The number of phenols is 1. The van der Waals surface area contributed by atoms with E-state index in [-0.39, 0.29) is 18.1 Å². The molecule has 1 heterocycles. The first-order valence-corrected chi connectivity index (χ1v) is 7.80. The molecule has 0 atom stereocenters. The van der Waals surface area contributed by atoms with Gasteiger partial charge in [0, 0.05) is 18.7 Å². The number of benzene rings is 1. The third-order valence-corrected chi connectivity index (χ3v) is 3.16. The van der Waals surface area contributed by atoms with Gasteiger partial charge in [0.2, 0.25) is 5.91 Å². The van der Waals surface area contributed by atoms with E-state index in [0.717, 1.165) is 17.7 Å². The molecule has 0 aromatic heterocycles. The molecule has 4 N–H and O–H groups in total. The molecule has 1 amide bonds. The third-order valence-electron chi connectivity index (χ3n) is 3.16. The van der Waals surface area contributed by atoms with Gasteiger partial charge in [-0.3, -0.25) is 4.79 Å². The smallest absolute Gasteiger partial charge is 0.233 e. The Hall–Kier alpha value is -2.08. The Morgan fingerprint density at radius 1 is 1.41 bits per heavy atom. The minimum Gasteiger partial charge on any atom is -0.508 e. The van der Waals surface area contributed by atoms with E-state index >= 15 is 0 Å². The van der Waals surface area contributed by atoms with Crippen LogP contribution < -0.4 is 16.1 Å². The molecular formula is C16H26N4O2. The van der Waals surface area contributed by atoms with E-state index in [1.165, 1.54) is 0 Å². The molecule has 0 unspecified atom stereocenters. The van der Waals surface area contributed by atoms with Crippen molar-refractivity contribution in [3.8, 4) is 5.75 Å². The Labute approximate surface area is 132 Å². The lowest BCUT2D eigenvalue weighted by Crippen LogP contribution is -2.39. The van der Waals surface area contributed by atoms with Crippen LogP contribution in [0.3, 0.4) is 0 Å². The van der Waals surface area contributed by atoms with Gasteiger partial charge in [-0.2, -0.15) is 5.10 Å². The normalized spacial score (nSPS) is 15.2. The molecule has 6 heteroatoms. The number of fused-ring (bicyclic) bond motifs is 1. The molecule has 6 nitrogen and oxygen atoms in total. The number of nitrogens with zero attached hydrogens (tertiary/aromatic N) is 2. The number of anilines is 1. The highest BCUT2D eigenvalue weighted by Crippen LogP contribution is 2.31. The van der Waals surface area contributed by atoms with Crippen LogP contribution in [0.15, 0.2) is 23.3 Å². The monoisotopic (exact) mass is 306 g/mol. The fourth-order valence-electron chi connectivity index (χ4n) is 2.23. The van der Waals surface area contributed by atoms with Gasteiger partial charge in [0.25, 0.3) is 0 Å². The van der Waals surface area contributed by atoms with E-state index in [2.05, 4.69) is 10.5 Å². The molecule has 1 aliphatic heterocycles. The van der Waals surface area contributed by atoms with Crippen molar-refractivity contribution in [1.82, 2.24) is 5.43 Å². The second-order valence-corrected chi connectivity index (χ2v) is 4.64. The number of rotatable bonds is 5. The van der Waals surface area contributed by atoms with Crippen LogP contribution in [0.5, 0.6) is 5.75 Å². The van der Waals surface area contributed by atoms with Gasteiger partial charge in [0.15, 0.2) is 0 Å². The predicted molar refractivity (Wildman–Crippen MR) is 90.3 cm³/mol. The van der Waals surface area contributed by atoms with Crippen LogP contribution >= 0.6 is 0 Å². The Kier molecular flexibility index (Phi) is 7.39. The lowest BCUT2D eigenvalue weighted by molar-refractivity contribution is -0.117. The van der Waals surface area contributed by atoms with Crippen molar-refractivity contribution in [1.29, 1.82) is 0 Å². The average molecular weight is 306 g/mol. The highest BCUT2D eigenvalue weighted by molar-refractivity contribution is 6.21.